The SMILES string of the molecule is CS(=O)(=O)N1CC(C(=O)Nc2ccc(Cl)c(Cl)c2)Oc2ccc(Cl)cc21. The Morgan fingerprint density at radius 1 is 1.15 bits per heavy atom. The number of rotatable bonds is 3. The van der Waals surface area contributed by atoms with Crippen molar-refractivity contribution >= 4 is 62.1 Å². The van der Waals surface area contributed by atoms with E-state index < -0.39 is 22.0 Å². The molecule has 1 N–H and O–H groups in total. The first kappa shape index (κ1) is 19.1. The predicted molar refractivity (Wildman–Crippen MR) is 103 cm³/mol. The van der Waals surface area contributed by atoms with Crippen molar-refractivity contribution in [3.8, 4) is 5.75 Å². The molecular weight excluding hydrogens is 423 g/mol. The molecule has 0 saturated carbocycles. The number of halogens is 3. The molecule has 0 fully saturated rings. The van der Waals surface area contributed by atoms with Gasteiger partial charge in [0.25, 0.3) is 5.91 Å². The topological polar surface area (TPSA) is 75.7 Å². The maximum atomic E-state index is 12.6. The summed E-state index contributed by atoms with van der Waals surface area (Å²) in [5.74, 6) is -0.266. The Hall–Kier alpha value is -1.67. The number of ether oxygens (including phenoxy) is 1. The van der Waals surface area contributed by atoms with Crippen LogP contribution in [0.1, 0.15) is 0 Å². The largest absolute Gasteiger partial charge is 0.476 e. The number of amides is 1. The van der Waals surface area contributed by atoms with Gasteiger partial charge in [-0.05, 0) is 36.4 Å². The average Bonchev–Trinajstić information content (AvgIpc) is 2.56. The molecule has 10 heteroatoms. The molecule has 138 valence electrons. The van der Waals surface area contributed by atoms with Crippen LogP contribution in [-0.2, 0) is 14.8 Å². The summed E-state index contributed by atoms with van der Waals surface area (Å²) in [7, 11) is -3.63. The van der Waals surface area contributed by atoms with Gasteiger partial charge in [0.15, 0.2) is 6.10 Å². The highest BCUT2D eigenvalue weighted by Gasteiger charge is 2.35. The number of carbonyl (C=O) groups excluding carboxylic acids is 1. The normalized spacial score (nSPS) is 16.6. The van der Waals surface area contributed by atoms with Gasteiger partial charge in [0.05, 0.1) is 28.5 Å². The van der Waals surface area contributed by atoms with Crippen LogP contribution in [0.3, 0.4) is 0 Å². The van der Waals surface area contributed by atoms with Gasteiger partial charge in [-0.1, -0.05) is 34.8 Å². The van der Waals surface area contributed by atoms with Crippen LogP contribution < -0.4 is 14.4 Å². The number of anilines is 2. The Balaban J connectivity index is 1.88. The Kier molecular flexibility index (Phi) is 5.25. The lowest BCUT2D eigenvalue weighted by molar-refractivity contribution is -0.122. The first-order valence-electron chi connectivity index (χ1n) is 7.35. The Morgan fingerprint density at radius 3 is 2.54 bits per heavy atom. The second kappa shape index (κ2) is 7.15. The van der Waals surface area contributed by atoms with E-state index in [1.165, 1.54) is 18.2 Å². The van der Waals surface area contributed by atoms with Crippen molar-refractivity contribution in [2.45, 2.75) is 6.10 Å². The molecule has 0 spiro atoms. The number of hydrogen-bond donors (Lipinski definition) is 1. The molecule has 0 aliphatic carbocycles. The highest BCUT2D eigenvalue weighted by atomic mass is 35.5. The molecular formula is C16H13Cl3N2O4S. The van der Waals surface area contributed by atoms with Crippen molar-refractivity contribution in [3.63, 3.8) is 0 Å². The third-order valence-electron chi connectivity index (χ3n) is 3.67. The number of benzene rings is 2. The van der Waals surface area contributed by atoms with Gasteiger partial charge in [0, 0.05) is 10.7 Å². The zero-order chi connectivity index (χ0) is 19.1. The number of nitrogens with one attached hydrogen (secondary N) is 1. The van der Waals surface area contributed by atoms with Crippen LogP contribution in [0.5, 0.6) is 5.75 Å². The second-order valence-electron chi connectivity index (χ2n) is 5.63. The molecule has 3 rings (SSSR count). The number of fused-ring (bicyclic) bond motifs is 1. The van der Waals surface area contributed by atoms with Crippen molar-refractivity contribution < 1.29 is 17.9 Å². The van der Waals surface area contributed by atoms with E-state index in [1.54, 1.807) is 18.2 Å². The minimum atomic E-state index is -3.63. The third kappa shape index (κ3) is 4.01. The number of sulfonamides is 1. The van der Waals surface area contributed by atoms with E-state index in [0.717, 1.165) is 10.6 Å². The fraction of sp³-hybridized carbons (Fsp3) is 0.188. The van der Waals surface area contributed by atoms with Crippen molar-refractivity contribution in [3.05, 3.63) is 51.5 Å². The van der Waals surface area contributed by atoms with E-state index in [9.17, 15) is 13.2 Å². The van der Waals surface area contributed by atoms with E-state index >= 15 is 0 Å². The first-order chi connectivity index (χ1) is 12.1. The predicted octanol–water partition coefficient (Wildman–Crippen LogP) is 3.81. The van der Waals surface area contributed by atoms with Gasteiger partial charge in [-0.15, -0.1) is 0 Å². The van der Waals surface area contributed by atoms with Crippen molar-refractivity contribution in [2.24, 2.45) is 0 Å². The van der Waals surface area contributed by atoms with Gasteiger partial charge >= 0.3 is 0 Å². The van der Waals surface area contributed by atoms with Gasteiger partial charge in [-0.25, -0.2) is 8.42 Å². The summed E-state index contributed by atoms with van der Waals surface area (Å²) in [5.41, 5.74) is 0.708. The molecule has 1 aliphatic rings. The number of hydrogen-bond acceptors (Lipinski definition) is 4. The summed E-state index contributed by atoms with van der Waals surface area (Å²) in [5, 5.41) is 3.64. The fourth-order valence-corrected chi connectivity index (χ4v) is 3.84. The highest BCUT2D eigenvalue weighted by Crippen LogP contribution is 2.37. The molecule has 1 unspecified atom stereocenters. The average molecular weight is 436 g/mol. The smallest absolute Gasteiger partial charge is 0.267 e. The summed E-state index contributed by atoms with van der Waals surface area (Å²) >= 11 is 17.7. The molecule has 1 heterocycles. The fourth-order valence-electron chi connectivity index (χ4n) is 2.47. The summed E-state index contributed by atoms with van der Waals surface area (Å²) < 4.78 is 31.0. The first-order valence-corrected chi connectivity index (χ1v) is 10.3. The molecule has 6 nitrogen and oxygen atoms in total. The van der Waals surface area contributed by atoms with Crippen LogP contribution in [0.2, 0.25) is 15.1 Å². The van der Waals surface area contributed by atoms with Crippen LogP contribution in [0.4, 0.5) is 11.4 Å². The van der Waals surface area contributed by atoms with Gasteiger partial charge in [0.2, 0.25) is 10.0 Å². The van der Waals surface area contributed by atoms with Crippen LogP contribution in [0, 0.1) is 0 Å². The zero-order valence-electron chi connectivity index (χ0n) is 13.4. The lowest BCUT2D eigenvalue weighted by Crippen LogP contribution is -2.48. The Bertz CT molecular complexity index is 981. The zero-order valence-corrected chi connectivity index (χ0v) is 16.5. The quantitative estimate of drug-likeness (QED) is 0.795. The molecule has 1 aliphatic heterocycles. The van der Waals surface area contributed by atoms with Crippen molar-refractivity contribution in [1.29, 1.82) is 0 Å². The Morgan fingerprint density at radius 2 is 1.88 bits per heavy atom. The summed E-state index contributed by atoms with van der Waals surface area (Å²) in [4.78, 5) is 12.6. The minimum Gasteiger partial charge on any atom is -0.476 e. The molecule has 2 aromatic carbocycles. The van der Waals surface area contributed by atoms with Crippen LogP contribution in [0.15, 0.2) is 36.4 Å². The van der Waals surface area contributed by atoms with Crippen LogP contribution in [0.25, 0.3) is 0 Å². The molecule has 1 amide bonds. The third-order valence-corrected chi connectivity index (χ3v) is 5.79. The van der Waals surface area contributed by atoms with E-state index in [2.05, 4.69) is 5.32 Å². The van der Waals surface area contributed by atoms with E-state index in [-0.39, 0.29) is 17.3 Å². The Labute approximate surface area is 165 Å². The monoisotopic (exact) mass is 434 g/mol. The van der Waals surface area contributed by atoms with Gasteiger partial charge < -0.3 is 10.1 Å². The van der Waals surface area contributed by atoms with E-state index in [4.69, 9.17) is 39.5 Å². The second-order valence-corrected chi connectivity index (χ2v) is 8.79. The van der Waals surface area contributed by atoms with Crippen LogP contribution in [-0.4, -0.2) is 33.2 Å². The lowest BCUT2D eigenvalue weighted by Gasteiger charge is -2.34. The van der Waals surface area contributed by atoms with Gasteiger partial charge in [-0.3, -0.25) is 9.10 Å². The van der Waals surface area contributed by atoms with E-state index in [0.29, 0.717) is 21.4 Å². The van der Waals surface area contributed by atoms with Crippen LogP contribution >= 0.6 is 34.8 Å². The number of carbonyl (C=O) groups is 1. The molecule has 26 heavy (non-hydrogen) atoms. The molecule has 0 aromatic heterocycles. The summed E-state index contributed by atoms with van der Waals surface area (Å²) in [6.07, 6.45) is 0.00423. The maximum Gasteiger partial charge on any atom is 0.267 e. The van der Waals surface area contributed by atoms with E-state index in [1.807, 2.05) is 0 Å². The van der Waals surface area contributed by atoms with Gasteiger partial charge in [0.1, 0.15) is 5.75 Å². The number of nitrogens with zero attached hydrogens (tertiary/aromatic N) is 1. The maximum absolute atomic E-state index is 12.6. The molecule has 2 aromatic rings. The lowest BCUT2D eigenvalue weighted by atomic mass is 10.2. The molecule has 0 bridgehead atoms. The van der Waals surface area contributed by atoms with Crippen molar-refractivity contribution in [1.82, 2.24) is 0 Å². The van der Waals surface area contributed by atoms with Gasteiger partial charge in [-0.2, -0.15) is 0 Å². The standard InChI is InChI=1S/C16H13Cl3N2O4S/c1-26(23,24)21-8-15(25-14-5-2-9(17)6-13(14)21)16(22)20-10-3-4-11(18)12(19)7-10/h2-7,15H,8H2,1H3,(H,20,22). The highest BCUT2D eigenvalue weighted by molar-refractivity contribution is 7.92. The molecule has 1 atom stereocenters. The summed E-state index contributed by atoms with van der Waals surface area (Å²) in [6.45, 7) is -0.181. The molecule has 0 saturated heterocycles. The summed E-state index contributed by atoms with van der Waals surface area (Å²) in [6, 6.07) is 9.17. The van der Waals surface area contributed by atoms with Crippen molar-refractivity contribution in [2.75, 3.05) is 22.4 Å². The minimum absolute atomic E-state index is 0.181. The molecule has 0 radical (unpaired) electrons.